The van der Waals surface area contributed by atoms with E-state index in [0.29, 0.717) is 11.5 Å². The molecule has 2 aromatic rings. The van der Waals surface area contributed by atoms with Crippen LogP contribution in [0.5, 0.6) is 11.5 Å². The van der Waals surface area contributed by atoms with Gasteiger partial charge in [0.2, 0.25) is 0 Å². The van der Waals surface area contributed by atoms with E-state index in [1.165, 1.54) is 98.0 Å². The third-order valence-corrected chi connectivity index (χ3v) is 9.80. The molecule has 0 aliphatic carbocycles. The molecule has 0 aliphatic rings. The molecule has 232 valence electrons. The van der Waals surface area contributed by atoms with Gasteiger partial charge >= 0.3 is 0 Å². The molecule has 0 radical (unpaired) electrons. The van der Waals surface area contributed by atoms with Gasteiger partial charge < -0.3 is 10.2 Å². The van der Waals surface area contributed by atoms with Crippen LogP contribution in [0.2, 0.25) is 0 Å². The van der Waals surface area contributed by atoms with Crippen LogP contribution in [-0.4, -0.2) is 21.7 Å². The van der Waals surface area contributed by atoms with Gasteiger partial charge in [-0.15, -0.1) is 0 Å². The van der Waals surface area contributed by atoms with E-state index in [1.807, 2.05) is 12.1 Å². The van der Waals surface area contributed by atoms with Crippen LogP contribution in [0, 0.1) is 13.8 Å². The molecule has 2 N–H and O–H groups in total. The summed E-state index contributed by atoms with van der Waals surface area (Å²) in [5.41, 5.74) is 6.82. The summed E-state index contributed by atoms with van der Waals surface area (Å²) in [6.07, 6.45) is 16.1. The second kappa shape index (κ2) is 16.9. The molecular weight excluding hydrogens is 520 g/mol. The second-order valence-electron chi connectivity index (χ2n) is 14.3. The van der Waals surface area contributed by atoms with E-state index in [0.717, 1.165) is 24.0 Å². The van der Waals surface area contributed by atoms with Crippen molar-refractivity contribution in [3.05, 3.63) is 57.6 Å². The van der Waals surface area contributed by atoms with E-state index in [4.69, 9.17) is 0 Å². The fourth-order valence-corrected chi connectivity index (χ4v) is 7.72. The highest BCUT2D eigenvalue weighted by molar-refractivity contribution is 7.99. The molecular formula is C38H62O2S. The zero-order valence-corrected chi connectivity index (χ0v) is 28.9. The molecule has 0 heterocycles. The van der Waals surface area contributed by atoms with Gasteiger partial charge in [0, 0.05) is 17.0 Å². The van der Waals surface area contributed by atoms with Crippen molar-refractivity contribution in [2.24, 2.45) is 0 Å². The first-order valence-electron chi connectivity index (χ1n) is 16.5. The van der Waals surface area contributed by atoms with Crippen LogP contribution in [0.1, 0.15) is 165 Å². The normalized spacial score (nSPS) is 12.4. The molecule has 2 rings (SSSR count). The third-order valence-electron chi connectivity index (χ3n) is 8.64. The van der Waals surface area contributed by atoms with E-state index in [1.54, 1.807) is 0 Å². The zero-order valence-electron chi connectivity index (χ0n) is 28.1. The maximum atomic E-state index is 10.8. The van der Waals surface area contributed by atoms with Crippen molar-refractivity contribution in [1.29, 1.82) is 0 Å². The molecule has 0 amide bonds. The Bertz CT molecular complexity index is 988. The molecule has 3 heteroatoms. The average Bonchev–Trinajstić information content (AvgIpc) is 2.86. The predicted molar refractivity (Wildman–Crippen MR) is 183 cm³/mol. The summed E-state index contributed by atoms with van der Waals surface area (Å²) in [6.45, 7) is 19.7. The Balaban J connectivity index is 2.08. The molecule has 0 aliphatic heterocycles. The van der Waals surface area contributed by atoms with E-state index in [2.05, 4.69) is 86.2 Å². The zero-order chi connectivity index (χ0) is 30.6. The van der Waals surface area contributed by atoms with E-state index < -0.39 is 0 Å². The number of phenolic OH excluding ortho intramolecular Hbond substituents is 2. The second-order valence-corrected chi connectivity index (χ2v) is 15.6. The summed E-state index contributed by atoms with van der Waals surface area (Å²) < 4.78 is 0. The first-order chi connectivity index (χ1) is 19.3. The molecule has 0 unspecified atom stereocenters. The quantitative estimate of drug-likeness (QED) is 0.182. The van der Waals surface area contributed by atoms with E-state index >= 15 is 0 Å². The first-order valence-corrected chi connectivity index (χ1v) is 17.7. The number of benzene rings is 2. The van der Waals surface area contributed by atoms with Gasteiger partial charge in [-0.2, -0.15) is 11.8 Å². The monoisotopic (exact) mass is 582 g/mol. The molecule has 0 saturated heterocycles. The van der Waals surface area contributed by atoms with Crippen LogP contribution < -0.4 is 0 Å². The van der Waals surface area contributed by atoms with Gasteiger partial charge in [0.1, 0.15) is 11.5 Å². The molecule has 0 spiro atoms. The highest BCUT2D eigenvalue weighted by atomic mass is 32.2. The molecule has 0 fully saturated rings. The standard InChI is InChI=1S/C38H62O2S/c1-10-11-12-13-14-15-16-17-18-19-26-41-27-20-21-32(30-22-24-33(39)35(28(30)2)37(4,5)6)31-23-25-34(40)36(29(31)3)38(7,8)9/h22-25,32,39-40H,10-21,26-27H2,1-9H3. The fraction of sp³-hybridized carbons (Fsp3) is 0.684. The molecule has 0 atom stereocenters. The Hall–Kier alpha value is -1.61. The van der Waals surface area contributed by atoms with Gasteiger partial charge in [-0.25, -0.2) is 0 Å². The van der Waals surface area contributed by atoms with E-state index in [-0.39, 0.29) is 16.7 Å². The average molecular weight is 583 g/mol. The Labute approximate surface area is 258 Å². The number of phenols is 2. The largest absolute Gasteiger partial charge is 0.508 e. The summed E-state index contributed by atoms with van der Waals surface area (Å²) in [5, 5.41) is 21.6. The van der Waals surface area contributed by atoms with Crippen LogP contribution in [0.15, 0.2) is 24.3 Å². The van der Waals surface area contributed by atoms with E-state index in [9.17, 15) is 10.2 Å². The number of unbranched alkanes of at least 4 members (excludes halogenated alkanes) is 9. The van der Waals surface area contributed by atoms with Gasteiger partial charge in [0.25, 0.3) is 0 Å². The summed E-state index contributed by atoms with van der Waals surface area (Å²) >= 11 is 2.11. The fourth-order valence-electron chi connectivity index (χ4n) is 6.74. The van der Waals surface area contributed by atoms with Crippen LogP contribution in [0.25, 0.3) is 0 Å². The minimum absolute atomic E-state index is 0.139. The third kappa shape index (κ3) is 10.9. The Morgan fingerprint density at radius 2 is 0.976 bits per heavy atom. The molecule has 0 saturated carbocycles. The molecule has 41 heavy (non-hydrogen) atoms. The summed E-state index contributed by atoms with van der Waals surface area (Å²) in [4.78, 5) is 0. The first kappa shape index (κ1) is 35.6. The van der Waals surface area contributed by atoms with Crippen molar-refractivity contribution in [2.75, 3.05) is 11.5 Å². The van der Waals surface area contributed by atoms with Crippen molar-refractivity contribution in [3.8, 4) is 11.5 Å². The van der Waals surface area contributed by atoms with Crippen LogP contribution in [0.4, 0.5) is 0 Å². The molecule has 0 bridgehead atoms. The van der Waals surface area contributed by atoms with Gasteiger partial charge in [-0.1, -0.05) is 118 Å². The van der Waals surface area contributed by atoms with Crippen LogP contribution in [-0.2, 0) is 10.8 Å². The lowest BCUT2D eigenvalue weighted by atomic mass is 9.74. The number of hydrogen-bond donors (Lipinski definition) is 2. The summed E-state index contributed by atoms with van der Waals surface area (Å²) in [5.74, 6) is 3.46. The Kier molecular flexibility index (Phi) is 14.6. The Morgan fingerprint density at radius 1 is 0.585 bits per heavy atom. The molecule has 0 aromatic heterocycles. The minimum atomic E-state index is -0.139. The lowest BCUT2D eigenvalue weighted by Gasteiger charge is -2.31. The number of thioether (sulfide) groups is 1. The summed E-state index contributed by atoms with van der Waals surface area (Å²) in [7, 11) is 0. The maximum Gasteiger partial charge on any atom is 0.119 e. The SMILES string of the molecule is CCCCCCCCCCCCSCCCC(c1ccc(O)c(C(C)(C)C)c1C)c1ccc(O)c(C(C)(C)C)c1C. The molecule has 2 nitrogen and oxygen atoms in total. The van der Waals surface area contributed by atoms with Crippen molar-refractivity contribution in [2.45, 2.75) is 156 Å². The smallest absolute Gasteiger partial charge is 0.119 e. The number of rotatable bonds is 17. The number of hydrogen-bond acceptors (Lipinski definition) is 3. The Morgan fingerprint density at radius 3 is 1.39 bits per heavy atom. The van der Waals surface area contributed by atoms with Crippen molar-refractivity contribution in [3.63, 3.8) is 0 Å². The van der Waals surface area contributed by atoms with Gasteiger partial charge in [0.05, 0.1) is 0 Å². The highest BCUT2D eigenvalue weighted by Gasteiger charge is 2.29. The van der Waals surface area contributed by atoms with Gasteiger partial charge in [-0.05, 0) is 89.8 Å². The van der Waals surface area contributed by atoms with Crippen LogP contribution >= 0.6 is 11.8 Å². The topological polar surface area (TPSA) is 40.5 Å². The number of aromatic hydroxyl groups is 2. The lowest BCUT2D eigenvalue weighted by molar-refractivity contribution is 0.443. The predicted octanol–water partition coefficient (Wildman–Crippen LogP) is 11.9. The van der Waals surface area contributed by atoms with Crippen molar-refractivity contribution >= 4 is 11.8 Å². The van der Waals surface area contributed by atoms with Crippen LogP contribution in [0.3, 0.4) is 0 Å². The van der Waals surface area contributed by atoms with Crippen molar-refractivity contribution < 1.29 is 10.2 Å². The minimum Gasteiger partial charge on any atom is -0.508 e. The van der Waals surface area contributed by atoms with Gasteiger partial charge in [0.15, 0.2) is 0 Å². The van der Waals surface area contributed by atoms with Gasteiger partial charge in [-0.3, -0.25) is 0 Å². The lowest BCUT2D eigenvalue weighted by Crippen LogP contribution is -2.18. The molecule has 2 aromatic carbocycles. The highest BCUT2D eigenvalue weighted by Crippen LogP contribution is 2.44. The van der Waals surface area contributed by atoms with Crippen molar-refractivity contribution in [1.82, 2.24) is 0 Å². The maximum absolute atomic E-state index is 10.8. The summed E-state index contributed by atoms with van der Waals surface area (Å²) in [6, 6.07) is 8.09.